The lowest BCUT2D eigenvalue weighted by atomic mass is 9.91. The molecule has 2 heterocycles. The Hall–Kier alpha value is -0.900. The molecule has 78 valence electrons. The minimum absolute atomic E-state index is 0.195. The largest absolute Gasteiger partial charge is 0.375 e. The van der Waals surface area contributed by atoms with Crippen LogP contribution in [0.2, 0.25) is 0 Å². The molecule has 3 heteroatoms. The molecule has 0 aliphatic carbocycles. The number of hydrogen-bond donors (Lipinski definition) is 0. The normalized spacial score (nSPS) is 19.0. The predicted octanol–water partition coefficient (Wildman–Crippen LogP) is 2.77. The molecule has 0 atom stereocenters. The van der Waals surface area contributed by atoms with Crippen LogP contribution in [0.25, 0.3) is 10.1 Å². The average Bonchev–Trinajstić information content (AvgIpc) is 2.62. The first kappa shape index (κ1) is 9.33. The molecule has 0 bridgehead atoms. The molecular formula is C12H12O2S. The van der Waals surface area contributed by atoms with E-state index in [1.807, 2.05) is 0 Å². The van der Waals surface area contributed by atoms with Gasteiger partial charge >= 0.3 is 0 Å². The Kier molecular flexibility index (Phi) is 2.06. The van der Waals surface area contributed by atoms with E-state index in [2.05, 4.69) is 29.6 Å². The Labute approximate surface area is 92.4 Å². The zero-order chi connectivity index (χ0) is 10.3. The average molecular weight is 220 g/mol. The zero-order valence-corrected chi connectivity index (χ0v) is 9.34. The summed E-state index contributed by atoms with van der Waals surface area (Å²) in [6.45, 7) is 1.34. The highest BCUT2D eigenvalue weighted by molar-refractivity contribution is 7.17. The van der Waals surface area contributed by atoms with Crippen molar-refractivity contribution in [2.45, 2.75) is 5.60 Å². The molecule has 1 aliphatic rings. The molecule has 0 spiro atoms. The van der Waals surface area contributed by atoms with Gasteiger partial charge in [-0.05, 0) is 16.8 Å². The highest BCUT2D eigenvalue weighted by Crippen LogP contribution is 2.40. The van der Waals surface area contributed by atoms with Crippen molar-refractivity contribution in [3.8, 4) is 0 Å². The van der Waals surface area contributed by atoms with Gasteiger partial charge in [0.15, 0.2) is 0 Å². The summed E-state index contributed by atoms with van der Waals surface area (Å²) in [6, 6.07) is 8.44. The lowest BCUT2D eigenvalue weighted by Crippen LogP contribution is -2.48. The van der Waals surface area contributed by atoms with Crippen LogP contribution in [0.3, 0.4) is 0 Å². The molecule has 0 saturated carbocycles. The molecule has 15 heavy (non-hydrogen) atoms. The van der Waals surface area contributed by atoms with Gasteiger partial charge in [-0.15, -0.1) is 11.3 Å². The molecule has 0 N–H and O–H groups in total. The third-order valence-electron chi connectivity index (χ3n) is 3.03. The van der Waals surface area contributed by atoms with Crippen molar-refractivity contribution in [1.82, 2.24) is 0 Å². The SMILES string of the molecule is COC1(c2csc3ccccc23)COC1. The summed E-state index contributed by atoms with van der Waals surface area (Å²) in [5.74, 6) is 0. The van der Waals surface area contributed by atoms with Crippen molar-refractivity contribution < 1.29 is 9.47 Å². The van der Waals surface area contributed by atoms with E-state index in [-0.39, 0.29) is 5.60 Å². The van der Waals surface area contributed by atoms with Gasteiger partial charge in [0.2, 0.25) is 0 Å². The summed E-state index contributed by atoms with van der Waals surface area (Å²) in [5.41, 5.74) is 1.08. The van der Waals surface area contributed by atoms with Crippen LogP contribution < -0.4 is 0 Å². The second-order valence-corrected chi connectivity index (χ2v) is 4.75. The fourth-order valence-electron chi connectivity index (χ4n) is 2.00. The molecule has 1 aromatic carbocycles. The van der Waals surface area contributed by atoms with Gasteiger partial charge in [-0.25, -0.2) is 0 Å². The minimum atomic E-state index is -0.195. The Balaban J connectivity index is 2.18. The highest BCUT2D eigenvalue weighted by Gasteiger charge is 2.42. The van der Waals surface area contributed by atoms with Crippen LogP contribution in [0.1, 0.15) is 5.56 Å². The first-order chi connectivity index (χ1) is 7.36. The molecule has 1 saturated heterocycles. The van der Waals surface area contributed by atoms with E-state index in [1.165, 1.54) is 15.6 Å². The molecule has 0 radical (unpaired) electrons. The second kappa shape index (κ2) is 3.30. The van der Waals surface area contributed by atoms with Crippen LogP contribution in [0.5, 0.6) is 0 Å². The van der Waals surface area contributed by atoms with E-state index in [0.29, 0.717) is 13.2 Å². The number of ether oxygens (including phenoxy) is 2. The lowest BCUT2D eigenvalue weighted by Gasteiger charge is -2.40. The molecular weight excluding hydrogens is 208 g/mol. The van der Waals surface area contributed by atoms with Gasteiger partial charge in [0.1, 0.15) is 5.60 Å². The Morgan fingerprint density at radius 3 is 2.80 bits per heavy atom. The molecule has 0 unspecified atom stereocenters. The molecule has 1 aromatic heterocycles. The van der Waals surface area contributed by atoms with Crippen molar-refractivity contribution in [3.05, 3.63) is 35.2 Å². The summed E-state index contributed by atoms with van der Waals surface area (Å²) in [4.78, 5) is 0. The molecule has 3 rings (SSSR count). The number of fused-ring (bicyclic) bond motifs is 1. The van der Waals surface area contributed by atoms with Crippen molar-refractivity contribution in [1.29, 1.82) is 0 Å². The minimum Gasteiger partial charge on any atom is -0.375 e. The predicted molar refractivity (Wildman–Crippen MR) is 61.3 cm³/mol. The van der Waals surface area contributed by atoms with Gasteiger partial charge < -0.3 is 9.47 Å². The van der Waals surface area contributed by atoms with Crippen LogP contribution in [0.15, 0.2) is 29.6 Å². The topological polar surface area (TPSA) is 18.5 Å². The van der Waals surface area contributed by atoms with Crippen molar-refractivity contribution in [2.24, 2.45) is 0 Å². The standard InChI is InChI=1S/C12H12O2S/c1-13-12(7-14-8-12)10-6-15-11-5-3-2-4-9(10)11/h2-6H,7-8H2,1H3. The molecule has 2 aromatic rings. The maximum Gasteiger partial charge on any atom is 0.140 e. The summed E-state index contributed by atoms with van der Waals surface area (Å²) < 4.78 is 12.2. The molecule has 1 fully saturated rings. The van der Waals surface area contributed by atoms with Crippen LogP contribution in [-0.4, -0.2) is 20.3 Å². The van der Waals surface area contributed by atoms with Crippen molar-refractivity contribution in [2.75, 3.05) is 20.3 Å². The summed E-state index contributed by atoms with van der Waals surface area (Å²) in [5, 5.41) is 3.49. The number of methoxy groups -OCH3 is 1. The van der Waals surface area contributed by atoms with Crippen LogP contribution >= 0.6 is 11.3 Å². The summed E-state index contributed by atoms with van der Waals surface area (Å²) >= 11 is 1.77. The Morgan fingerprint density at radius 2 is 2.13 bits per heavy atom. The quantitative estimate of drug-likeness (QED) is 0.774. The fourth-order valence-corrected chi connectivity index (χ4v) is 3.05. The van der Waals surface area contributed by atoms with E-state index < -0.39 is 0 Å². The third kappa shape index (κ3) is 1.24. The maximum atomic E-state index is 5.61. The third-order valence-corrected chi connectivity index (χ3v) is 4.00. The van der Waals surface area contributed by atoms with E-state index in [9.17, 15) is 0 Å². The summed E-state index contributed by atoms with van der Waals surface area (Å²) in [7, 11) is 1.76. The molecule has 2 nitrogen and oxygen atoms in total. The Bertz CT molecular complexity index is 480. The van der Waals surface area contributed by atoms with E-state index in [4.69, 9.17) is 9.47 Å². The van der Waals surface area contributed by atoms with Gasteiger partial charge in [0.25, 0.3) is 0 Å². The highest BCUT2D eigenvalue weighted by atomic mass is 32.1. The smallest absolute Gasteiger partial charge is 0.140 e. The van der Waals surface area contributed by atoms with Gasteiger partial charge in [-0.3, -0.25) is 0 Å². The van der Waals surface area contributed by atoms with E-state index in [0.717, 1.165) is 0 Å². The van der Waals surface area contributed by atoms with Crippen molar-refractivity contribution >= 4 is 21.4 Å². The monoisotopic (exact) mass is 220 g/mol. The number of benzene rings is 1. The first-order valence-electron chi connectivity index (χ1n) is 4.95. The van der Waals surface area contributed by atoms with Crippen LogP contribution in [-0.2, 0) is 15.1 Å². The maximum absolute atomic E-state index is 5.61. The Morgan fingerprint density at radius 1 is 1.33 bits per heavy atom. The number of thiophene rings is 1. The van der Waals surface area contributed by atoms with Gasteiger partial charge in [0, 0.05) is 17.4 Å². The number of hydrogen-bond acceptors (Lipinski definition) is 3. The molecule has 0 amide bonds. The van der Waals surface area contributed by atoms with Crippen LogP contribution in [0.4, 0.5) is 0 Å². The summed E-state index contributed by atoms with van der Waals surface area (Å²) in [6.07, 6.45) is 0. The lowest BCUT2D eigenvalue weighted by molar-refractivity contribution is -0.201. The molecule has 1 aliphatic heterocycles. The zero-order valence-electron chi connectivity index (χ0n) is 8.53. The van der Waals surface area contributed by atoms with E-state index in [1.54, 1.807) is 18.4 Å². The first-order valence-corrected chi connectivity index (χ1v) is 5.83. The fraction of sp³-hybridized carbons (Fsp3) is 0.333. The van der Waals surface area contributed by atoms with Gasteiger partial charge in [-0.2, -0.15) is 0 Å². The van der Waals surface area contributed by atoms with Gasteiger partial charge in [-0.1, -0.05) is 18.2 Å². The second-order valence-electron chi connectivity index (χ2n) is 3.84. The van der Waals surface area contributed by atoms with Crippen molar-refractivity contribution in [3.63, 3.8) is 0 Å². The van der Waals surface area contributed by atoms with Gasteiger partial charge in [0.05, 0.1) is 13.2 Å². The van der Waals surface area contributed by atoms with E-state index >= 15 is 0 Å². The number of rotatable bonds is 2. The van der Waals surface area contributed by atoms with Crippen LogP contribution in [0, 0.1) is 0 Å².